The Hall–Kier alpha value is -0.780. The number of thioether (sulfide) groups is 1. The van der Waals surface area contributed by atoms with Crippen molar-refractivity contribution in [3.8, 4) is 0 Å². The van der Waals surface area contributed by atoms with Gasteiger partial charge in [-0.1, -0.05) is 25.2 Å². The fraction of sp³-hybridized carbons (Fsp3) is 0.462. The predicted octanol–water partition coefficient (Wildman–Crippen LogP) is 2.52. The minimum absolute atomic E-state index is 0.450. The SMILES string of the molecule is CCSc1cccc(N(C)CCOC)c1C(N)=S. The van der Waals surface area contributed by atoms with Crippen LogP contribution in [0.1, 0.15) is 12.5 Å². The van der Waals surface area contributed by atoms with Crippen molar-refractivity contribution in [2.45, 2.75) is 11.8 Å². The highest BCUT2D eigenvalue weighted by molar-refractivity contribution is 7.99. The first kappa shape index (κ1) is 15.3. The van der Waals surface area contributed by atoms with Gasteiger partial charge in [-0.3, -0.25) is 0 Å². The summed E-state index contributed by atoms with van der Waals surface area (Å²) in [5.41, 5.74) is 7.91. The molecule has 1 rings (SSSR count). The van der Waals surface area contributed by atoms with Gasteiger partial charge in [0.15, 0.2) is 0 Å². The quantitative estimate of drug-likeness (QED) is 0.615. The molecule has 0 radical (unpaired) electrons. The Bertz CT molecular complexity index is 410. The maximum absolute atomic E-state index is 5.87. The zero-order valence-electron chi connectivity index (χ0n) is 11.1. The van der Waals surface area contributed by atoms with Gasteiger partial charge in [0.25, 0.3) is 0 Å². The number of likely N-dealkylation sites (N-methyl/N-ethyl adjacent to an activating group) is 1. The lowest BCUT2D eigenvalue weighted by Crippen LogP contribution is -2.25. The third-order valence-corrected chi connectivity index (χ3v) is 3.74. The molecule has 5 heteroatoms. The van der Waals surface area contributed by atoms with E-state index < -0.39 is 0 Å². The fourth-order valence-corrected chi connectivity index (χ4v) is 2.83. The standard InChI is InChI=1S/C13H20N2OS2/c1-4-18-11-7-5-6-10(12(11)13(14)17)15(2)8-9-16-3/h5-7H,4,8-9H2,1-3H3,(H2,14,17). The van der Waals surface area contributed by atoms with Gasteiger partial charge in [0, 0.05) is 36.8 Å². The number of hydrogen-bond donors (Lipinski definition) is 1. The molecular weight excluding hydrogens is 264 g/mol. The molecule has 1 aromatic carbocycles. The van der Waals surface area contributed by atoms with Crippen LogP contribution in [0.5, 0.6) is 0 Å². The van der Waals surface area contributed by atoms with Crippen LogP contribution in [0, 0.1) is 0 Å². The van der Waals surface area contributed by atoms with Gasteiger partial charge in [-0.15, -0.1) is 11.8 Å². The summed E-state index contributed by atoms with van der Waals surface area (Å²) in [5, 5.41) is 0. The molecule has 0 aliphatic rings. The Labute approximate surface area is 119 Å². The first-order valence-corrected chi connectivity index (χ1v) is 7.26. The van der Waals surface area contributed by atoms with Crippen LogP contribution < -0.4 is 10.6 Å². The number of thiocarbonyl (C=S) groups is 1. The highest BCUT2D eigenvalue weighted by atomic mass is 32.2. The number of nitrogens with zero attached hydrogens (tertiary/aromatic N) is 1. The van der Waals surface area contributed by atoms with Crippen molar-refractivity contribution in [2.75, 3.05) is 38.0 Å². The predicted molar refractivity (Wildman–Crippen MR) is 83.9 cm³/mol. The maximum atomic E-state index is 5.87. The molecule has 1 aromatic rings. The van der Waals surface area contributed by atoms with Gasteiger partial charge >= 0.3 is 0 Å². The van der Waals surface area contributed by atoms with Gasteiger partial charge in [0.2, 0.25) is 0 Å². The van der Waals surface area contributed by atoms with Crippen LogP contribution in [0.3, 0.4) is 0 Å². The van der Waals surface area contributed by atoms with Crippen LogP contribution in [-0.4, -0.2) is 38.1 Å². The minimum Gasteiger partial charge on any atom is -0.389 e. The molecule has 0 atom stereocenters. The number of ether oxygens (including phenoxy) is 1. The third-order valence-electron chi connectivity index (χ3n) is 2.59. The fourth-order valence-electron chi connectivity index (χ4n) is 1.71. The van der Waals surface area contributed by atoms with E-state index in [2.05, 4.69) is 17.9 Å². The molecule has 0 aliphatic heterocycles. The summed E-state index contributed by atoms with van der Waals surface area (Å²) in [6, 6.07) is 6.15. The molecule has 0 aromatic heterocycles. The monoisotopic (exact) mass is 284 g/mol. The maximum Gasteiger partial charge on any atom is 0.107 e. The average molecular weight is 284 g/mol. The van der Waals surface area contributed by atoms with Crippen molar-refractivity contribution in [1.29, 1.82) is 0 Å². The van der Waals surface area contributed by atoms with Crippen LogP contribution in [0.4, 0.5) is 5.69 Å². The van der Waals surface area contributed by atoms with Crippen LogP contribution in [0.25, 0.3) is 0 Å². The molecule has 0 heterocycles. The number of nitrogens with two attached hydrogens (primary N) is 1. The summed E-state index contributed by atoms with van der Waals surface area (Å²) in [6.45, 7) is 3.61. The van der Waals surface area contributed by atoms with E-state index in [1.54, 1.807) is 18.9 Å². The molecule has 2 N–H and O–H groups in total. The van der Waals surface area contributed by atoms with Gasteiger partial charge in [-0.25, -0.2) is 0 Å². The van der Waals surface area contributed by atoms with Crippen molar-refractivity contribution >= 4 is 34.7 Å². The second-order valence-corrected chi connectivity index (χ2v) is 5.61. The summed E-state index contributed by atoms with van der Waals surface area (Å²) in [5.74, 6) is 1.00. The molecule has 0 fully saturated rings. The first-order valence-electron chi connectivity index (χ1n) is 5.87. The lowest BCUT2D eigenvalue weighted by molar-refractivity contribution is 0.206. The summed E-state index contributed by atoms with van der Waals surface area (Å²) in [7, 11) is 3.72. The highest BCUT2D eigenvalue weighted by Crippen LogP contribution is 2.30. The van der Waals surface area contributed by atoms with E-state index in [-0.39, 0.29) is 0 Å². The van der Waals surface area contributed by atoms with Crippen molar-refractivity contribution < 1.29 is 4.74 Å². The Morgan fingerprint density at radius 1 is 1.50 bits per heavy atom. The van der Waals surface area contributed by atoms with E-state index in [0.29, 0.717) is 11.6 Å². The Morgan fingerprint density at radius 3 is 2.78 bits per heavy atom. The zero-order chi connectivity index (χ0) is 13.5. The average Bonchev–Trinajstić information content (AvgIpc) is 2.35. The Morgan fingerprint density at radius 2 is 2.22 bits per heavy atom. The minimum atomic E-state index is 0.450. The van der Waals surface area contributed by atoms with Gasteiger partial charge in [-0.2, -0.15) is 0 Å². The molecule has 18 heavy (non-hydrogen) atoms. The molecule has 0 amide bonds. The molecule has 100 valence electrons. The summed E-state index contributed by atoms with van der Waals surface area (Å²) >= 11 is 6.95. The first-order chi connectivity index (χ1) is 8.61. The molecule has 0 saturated heterocycles. The molecule has 3 nitrogen and oxygen atoms in total. The van der Waals surface area contributed by atoms with E-state index in [1.807, 2.05) is 19.2 Å². The second kappa shape index (κ2) is 7.61. The van der Waals surface area contributed by atoms with E-state index in [1.165, 1.54) is 0 Å². The van der Waals surface area contributed by atoms with E-state index in [9.17, 15) is 0 Å². The number of methoxy groups -OCH3 is 1. The van der Waals surface area contributed by atoms with Gasteiger partial charge in [0.05, 0.1) is 6.61 Å². The van der Waals surface area contributed by atoms with Crippen molar-refractivity contribution in [3.63, 3.8) is 0 Å². The van der Waals surface area contributed by atoms with Crippen LogP contribution in [-0.2, 0) is 4.74 Å². The molecule has 0 saturated carbocycles. The van der Waals surface area contributed by atoms with Crippen molar-refractivity contribution in [3.05, 3.63) is 23.8 Å². The van der Waals surface area contributed by atoms with Gasteiger partial charge in [0.1, 0.15) is 4.99 Å². The summed E-state index contributed by atoms with van der Waals surface area (Å²) < 4.78 is 5.10. The van der Waals surface area contributed by atoms with E-state index in [4.69, 9.17) is 22.7 Å². The highest BCUT2D eigenvalue weighted by Gasteiger charge is 2.14. The molecular formula is C13H20N2OS2. The number of anilines is 1. The smallest absolute Gasteiger partial charge is 0.107 e. The van der Waals surface area contributed by atoms with Crippen molar-refractivity contribution in [2.24, 2.45) is 5.73 Å². The summed E-state index contributed by atoms with van der Waals surface area (Å²) in [4.78, 5) is 3.72. The number of benzene rings is 1. The lowest BCUT2D eigenvalue weighted by atomic mass is 10.1. The largest absolute Gasteiger partial charge is 0.389 e. The van der Waals surface area contributed by atoms with Crippen LogP contribution >= 0.6 is 24.0 Å². The third kappa shape index (κ3) is 3.86. The molecule has 0 aliphatic carbocycles. The Balaban J connectivity index is 3.09. The van der Waals surface area contributed by atoms with Crippen LogP contribution in [0.2, 0.25) is 0 Å². The number of hydrogen-bond acceptors (Lipinski definition) is 4. The Kier molecular flexibility index (Phi) is 6.46. The summed E-state index contributed by atoms with van der Waals surface area (Å²) in [6.07, 6.45) is 0. The van der Waals surface area contributed by atoms with Gasteiger partial charge in [-0.05, 0) is 17.9 Å². The molecule has 0 unspecified atom stereocenters. The lowest BCUT2D eigenvalue weighted by Gasteiger charge is -2.23. The topological polar surface area (TPSA) is 38.5 Å². The zero-order valence-corrected chi connectivity index (χ0v) is 12.7. The van der Waals surface area contributed by atoms with Gasteiger partial charge < -0.3 is 15.4 Å². The molecule has 0 bridgehead atoms. The van der Waals surface area contributed by atoms with Crippen molar-refractivity contribution in [1.82, 2.24) is 0 Å². The molecule has 0 spiro atoms. The normalized spacial score (nSPS) is 10.4. The van der Waals surface area contributed by atoms with E-state index >= 15 is 0 Å². The number of rotatable bonds is 7. The second-order valence-electron chi connectivity index (χ2n) is 3.86. The van der Waals surface area contributed by atoms with Crippen LogP contribution in [0.15, 0.2) is 23.1 Å². The van der Waals surface area contributed by atoms with E-state index in [0.717, 1.165) is 28.4 Å².